The Morgan fingerprint density at radius 1 is 1.13 bits per heavy atom. The molecule has 0 heterocycles. The van der Waals surface area contributed by atoms with E-state index in [2.05, 4.69) is 10.9 Å². The van der Waals surface area contributed by atoms with Crippen molar-refractivity contribution in [3.8, 4) is 11.5 Å². The number of methoxy groups -OCH3 is 2. The highest BCUT2D eigenvalue weighted by Crippen LogP contribution is 2.27. The minimum Gasteiger partial charge on any atom is -0.493 e. The molecule has 0 aliphatic carbocycles. The molecule has 7 heteroatoms. The van der Waals surface area contributed by atoms with E-state index in [9.17, 15) is 9.59 Å². The van der Waals surface area contributed by atoms with E-state index >= 15 is 0 Å². The van der Waals surface area contributed by atoms with Crippen molar-refractivity contribution in [1.82, 2.24) is 10.9 Å². The summed E-state index contributed by atoms with van der Waals surface area (Å²) in [5.41, 5.74) is 5.36. The topological polar surface area (TPSA) is 85.9 Å². The molecule has 1 aromatic carbocycles. The van der Waals surface area contributed by atoms with Crippen molar-refractivity contribution in [3.63, 3.8) is 0 Å². The van der Waals surface area contributed by atoms with E-state index in [1.165, 1.54) is 13.2 Å². The van der Waals surface area contributed by atoms with Crippen molar-refractivity contribution in [2.24, 2.45) is 0 Å². The van der Waals surface area contributed by atoms with Crippen molar-refractivity contribution >= 4 is 17.9 Å². The van der Waals surface area contributed by atoms with Crippen molar-refractivity contribution in [2.45, 2.75) is 13.3 Å². The highest BCUT2D eigenvalue weighted by Gasteiger charge is 2.04. The standard InChI is InChI=1S/C16H22N2O5/c1-4-23-10-9-16(20)18-17-15(19)8-6-12-5-7-13(21-2)14(11-12)22-3/h5-8,11H,4,9-10H2,1-3H3,(H,17,19)(H,18,20)/b8-6+. The van der Waals surface area contributed by atoms with Gasteiger partial charge in [0, 0.05) is 12.7 Å². The second kappa shape index (κ2) is 10.2. The van der Waals surface area contributed by atoms with Gasteiger partial charge in [-0.1, -0.05) is 6.07 Å². The molecule has 1 aromatic rings. The smallest absolute Gasteiger partial charge is 0.262 e. The van der Waals surface area contributed by atoms with Gasteiger partial charge in [-0.15, -0.1) is 0 Å². The summed E-state index contributed by atoms with van der Waals surface area (Å²) in [4.78, 5) is 23.0. The summed E-state index contributed by atoms with van der Waals surface area (Å²) >= 11 is 0. The van der Waals surface area contributed by atoms with E-state index in [1.54, 1.807) is 31.4 Å². The summed E-state index contributed by atoms with van der Waals surface area (Å²) in [6.07, 6.45) is 3.10. The second-order valence-electron chi connectivity index (χ2n) is 4.43. The molecule has 0 aromatic heterocycles. The van der Waals surface area contributed by atoms with Crippen LogP contribution in [0.1, 0.15) is 18.9 Å². The number of hydrazine groups is 1. The molecular weight excluding hydrogens is 300 g/mol. The molecule has 126 valence electrons. The predicted molar refractivity (Wildman–Crippen MR) is 86.0 cm³/mol. The van der Waals surface area contributed by atoms with Gasteiger partial charge in [-0.05, 0) is 30.7 Å². The number of carbonyl (C=O) groups excluding carboxylic acids is 2. The van der Waals surface area contributed by atoms with E-state index in [1.807, 2.05) is 6.92 Å². The molecule has 1 rings (SSSR count). The lowest BCUT2D eigenvalue weighted by Gasteiger charge is -2.07. The molecule has 0 unspecified atom stereocenters. The lowest BCUT2D eigenvalue weighted by Crippen LogP contribution is -2.41. The molecule has 0 spiro atoms. The molecule has 0 atom stereocenters. The van der Waals surface area contributed by atoms with Gasteiger partial charge in [0.2, 0.25) is 5.91 Å². The molecule has 0 bridgehead atoms. The fourth-order valence-corrected chi connectivity index (χ4v) is 1.67. The fraction of sp³-hybridized carbons (Fsp3) is 0.375. The van der Waals surface area contributed by atoms with Crippen LogP contribution in [-0.2, 0) is 14.3 Å². The summed E-state index contributed by atoms with van der Waals surface area (Å²) in [6.45, 7) is 2.71. The van der Waals surface area contributed by atoms with Crippen LogP contribution >= 0.6 is 0 Å². The number of hydrogen-bond acceptors (Lipinski definition) is 5. The quantitative estimate of drug-likeness (QED) is 0.428. The molecule has 0 aliphatic rings. The molecule has 0 fully saturated rings. The van der Waals surface area contributed by atoms with Gasteiger partial charge in [0.25, 0.3) is 5.91 Å². The highest BCUT2D eigenvalue weighted by atomic mass is 16.5. The molecule has 23 heavy (non-hydrogen) atoms. The zero-order valence-electron chi connectivity index (χ0n) is 13.5. The zero-order chi connectivity index (χ0) is 17.1. The molecule has 0 saturated heterocycles. The summed E-state index contributed by atoms with van der Waals surface area (Å²) < 4.78 is 15.4. The molecule has 2 amide bonds. The lowest BCUT2D eigenvalue weighted by molar-refractivity contribution is -0.127. The Bertz CT molecular complexity index is 557. The monoisotopic (exact) mass is 322 g/mol. The highest BCUT2D eigenvalue weighted by molar-refractivity contribution is 5.93. The third-order valence-electron chi connectivity index (χ3n) is 2.84. The minimum atomic E-state index is -0.440. The van der Waals surface area contributed by atoms with Gasteiger partial charge in [-0.3, -0.25) is 20.4 Å². The number of ether oxygens (including phenoxy) is 3. The molecule has 7 nitrogen and oxygen atoms in total. The summed E-state index contributed by atoms with van der Waals surface area (Å²) in [7, 11) is 3.09. The van der Waals surface area contributed by atoms with Crippen molar-refractivity contribution in [2.75, 3.05) is 27.4 Å². The van der Waals surface area contributed by atoms with Crippen LogP contribution in [-0.4, -0.2) is 39.2 Å². The Kier molecular flexibility index (Phi) is 8.23. The summed E-state index contributed by atoms with van der Waals surface area (Å²) in [5.74, 6) is 0.422. The SMILES string of the molecule is CCOCCC(=O)NNC(=O)/C=C/c1ccc(OC)c(OC)c1. The first kappa shape index (κ1) is 18.5. The van der Waals surface area contributed by atoms with Crippen LogP contribution in [0.3, 0.4) is 0 Å². The molecular formula is C16H22N2O5. The maximum absolute atomic E-state index is 11.6. The van der Waals surface area contributed by atoms with E-state index in [-0.39, 0.29) is 12.3 Å². The van der Waals surface area contributed by atoms with Gasteiger partial charge in [0.05, 0.1) is 27.2 Å². The number of benzene rings is 1. The number of carbonyl (C=O) groups is 2. The first-order valence-electron chi connectivity index (χ1n) is 7.17. The third kappa shape index (κ3) is 6.84. The molecule has 2 N–H and O–H groups in total. The van der Waals surface area contributed by atoms with Crippen molar-refractivity contribution in [1.29, 1.82) is 0 Å². The van der Waals surface area contributed by atoms with Crippen LogP contribution < -0.4 is 20.3 Å². The van der Waals surface area contributed by atoms with Gasteiger partial charge in [-0.25, -0.2) is 0 Å². The first-order chi connectivity index (χ1) is 11.1. The van der Waals surface area contributed by atoms with E-state index < -0.39 is 5.91 Å². The van der Waals surface area contributed by atoms with Crippen LogP contribution in [0, 0.1) is 0 Å². The van der Waals surface area contributed by atoms with E-state index in [0.717, 1.165) is 5.56 Å². The molecule has 0 aliphatic heterocycles. The van der Waals surface area contributed by atoms with Crippen LogP contribution in [0.2, 0.25) is 0 Å². The normalized spacial score (nSPS) is 10.4. The first-order valence-corrected chi connectivity index (χ1v) is 7.17. The van der Waals surface area contributed by atoms with Crippen LogP contribution in [0.25, 0.3) is 6.08 Å². The molecule has 0 saturated carbocycles. The second-order valence-corrected chi connectivity index (χ2v) is 4.43. The Labute approximate surface area is 135 Å². The maximum atomic E-state index is 11.6. The Morgan fingerprint density at radius 2 is 1.87 bits per heavy atom. The number of nitrogens with one attached hydrogen (secondary N) is 2. The third-order valence-corrected chi connectivity index (χ3v) is 2.84. The largest absolute Gasteiger partial charge is 0.493 e. The zero-order valence-corrected chi connectivity index (χ0v) is 13.5. The summed E-state index contributed by atoms with van der Waals surface area (Å²) in [5, 5.41) is 0. The predicted octanol–water partition coefficient (Wildman–Crippen LogP) is 1.29. The fourth-order valence-electron chi connectivity index (χ4n) is 1.67. The average molecular weight is 322 g/mol. The Balaban J connectivity index is 2.47. The van der Waals surface area contributed by atoms with E-state index in [4.69, 9.17) is 14.2 Å². The van der Waals surface area contributed by atoms with Gasteiger partial charge in [0.15, 0.2) is 11.5 Å². The summed E-state index contributed by atoms with van der Waals surface area (Å²) in [6, 6.07) is 5.26. The Morgan fingerprint density at radius 3 is 2.52 bits per heavy atom. The van der Waals surface area contributed by atoms with Gasteiger partial charge < -0.3 is 14.2 Å². The molecule has 0 radical (unpaired) electrons. The van der Waals surface area contributed by atoms with Gasteiger partial charge >= 0.3 is 0 Å². The van der Waals surface area contributed by atoms with Crippen LogP contribution in [0.5, 0.6) is 11.5 Å². The number of hydrogen-bond donors (Lipinski definition) is 2. The van der Waals surface area contributed by atoms with Crippen molar-refractivity contribution < 1.29 is 23.8 Å². The lowest BCUT2D eigenvalue weighted by atomic mass is 10.2. The Hall–Kier alpha value is -2.54. The minimum absolute atomic E-state index is 0.188. The number of amides is 2. The van der Waals surface area contributed by atoms with Crippen molar-refractivity contribution in [3.05, 3.63) is 29.8 Å². The van der Waals surface area contributed by atoms with Crippen LogP contribution in [0.15, 0.2) is 24.3 Å². The van der Waals surface area contributed by atoms with E-state index in [0.29, 0.717) is 24.7 Å². The van der Waals surface area contributed by atoms with Crippen LogP contribution in [0.4, 0.5) is 0 Å². The van der Waals surface area contributed by atoms with Gasteiger partial charge in [-0.2, -0.15) is 0 Å². The number of rotatable bonds is 8. The van der Waals surface area contributed by atoms with Gasteiger partial charge in [0.1, 0.15) is 0 Å². The maximum Gasteiger partial charge on any atom is 0.262 e. The average Bonchev–Trinajstić information content (AvgIpc) is 2.58.